The fourth-order valence-corrected chi connectivity index (χ4v) is 3.09. The molecule has 0 aromatic rings. The molecule has 5 nitrogen and oxygen atoms in total. The van der Waals surface area contributed by atoms with Gasteiger partial charge in [-0.05, 0) is 18.3 Å². The molecule has 2 rings (SSSR count). The van der Waals surface area contributed by atoms with Gasteiger partial charge in [0.25, 0.3) is 0 Å². The number of carbonyl (C=O) groups excluding carboxylic acids is 1. The highest BCUT2D eigenvalue weighted by molar-refractivity contribution is 5.91. The van der Waals surface area contributed by atoms with E-state index < -0.39 is 17.3 Å². The zero-order chi connectivity index (χ0) is 13.5. The Morgan fingerprint density at radius 2 is 2.00 bits per heavy atom. The number of carboxylic acid groups (broad SMARTS) is 1. The zero-order valence-corrected chi connectivity index (χ0v) is 11.2. The SMILES string of the molecule is COC1CCCN(C(=O)[C@H]2[C@@H](C(=O)O)C2(C)C)C1. The van der Waals surface area contributed by atoms with Gasteiger partial charge >= 0.3 is 5.97 Å². The number of methoxy groups -OCH3 is 1. The Balaban J connectivity index is 2.02. The second-order valence-electron chi connectivity index (χ2n) is 5.90. The number of nitrogens with zero attached hydrogens (tertiary/aromatic N) is 1. The lowest BCUT2D eigenvalue weighted by atomic mass is 10.1. The Morgan fingerprint density at radius 1 is 1.33 bits per heavy atom. The molecule has 1 saturated heterocycles. The number of carboxylic acids is 1. The Bertz CT molecular complexity index is 366. The average molecular weight is 255 g/mol. The predicted molar refractivity (Wildman–Crippen MR) is 65.0 cm³/mol. The smallest absolute Gasteiger partial charge is 0.307 e. The second kappa shape index (κ2) is 4.53. The van der Waals surface area contributed by atoms with Crippen LogP contribution in [0.2, 0.25) is 0 Å². The average Bonchev–Trinajstić information content (AvgIpc) is 2.91. The first kappa shape index (κ1) is 13.3. The van der Waals surface area contributed by atoms with Crippen molar-refractivity contribution in [3.05, 3.63) is 0 Å². The van der Waals surface area contributed by atoms with Crippen LogP contribution in [-0.4, -0.2) is 48.2 Å². The summed E-state index contributed by atoms with van der Waals surface area (Å²) in [5.41, 5.74) is -0.414. The maximum Gasteiger partial charge on any atom is 0.307 e. The van der Waals surface area contributed by atoms with E-state index in [1.165, 1.54) is 0 Å². The standard InChI is InChI=1S/C13H21NO4/c1-13(2)9(10(13)12(16)17)11(15)14-6-4-5-8(7-14)18-3/h8-10H,4-7H2,1-3H3,(H,16,17)/t8?,9-,10+/m1/s1. The van der Waals surface area contributed by atoms with E-state index in [2.05, 4.69) is 0 Å². The third kappa shape index (κ3) is 2.11. The van der Waals surface area contributed by atoms with Gasteiger partial charge in [-0.25, -0.2) is 0 Å². The number of amides is 1. The number of piperidine rings is 1. The number of rotatable bonds is 3. The number of hydrogen-bond donors (Lipinski definition) is 1. The van der Waals surface area contributed by atoms with Gasteiger partial charge in [-0.1, -0.05) is 13.8 Å². The van der Waals surface area contributed by atoms with Crippen LogP contribution in [0.1, 0.15) is 26.7 Å². The molecule has 18 heavy (non-hydrogen) atoms. The first-order valence-corrected chi connectivity index (χ1v) is 6.44. The summed E-state index contributed by atoms with van der Waals surface area (Å²) in [4.78, 5) is 25.2. The normalized spacial score (nSPS) is 34.2. The highest BCUT2D eigenvalue weighted by atomic mass is 16.5. The van der Waals surface area contributed by atoms with E-state index in [1.807, 2.05) is 13.8 Å². The summed E-state index contributed by atoms with van der Waals surface area (Å²) in [5.74, 6) is -1.79. The van der Waals surface area contributed by atoms with Crippen molar-refractivity contribution >= 4 is 11.9 Å². The molecule has 102 valence electrons. The fourth-order valence-electron chi connectivity index (χ4n) is 3.09. The third-order valence-electron chi connectivity index (χ3n) is 4.38. The van der Waals surface area contributed by atoms with Gasteiger partial charge in [0.1, 0.15) is 0 Å². The largest absolute Gasteiger partial charge is 0.481 e. The third-order valence-corrected chi connectivity index (χ3v) is 4.38. The lowest BCUT2D eigenvalue weighted by Crippen LogP contribution is -2.44. The molecule has 1 aliphatic carbocycles. The summed E-state index contributed by atoms with van der Waals surface area (Å²) < 4.78 is 5.29. The second-order valence-corrected chi connectivity index (χ2v) is 5.90. The predicted octanol–water partition coefficient (Wildman–Crippen LogP) is 0.981. The molecular weight excluding hydrogens is 234 g/mol. The molecule has 1 unspecified atom stereocenters. The summed E-state index contributed by atoms with van der Waals surface area (Å²) >= 11 is 0. The Morgan fingerprint density at radius 3 is 2.50 bits per heavy atom. The van der Waals surface area contributed by atoms with Crippen molar-refractivity contribution in [3.63, 3.8) is 0 Å². The van der Waals surface area contributed by atoms with Crippen molar-refractivity contribution in [2.24, 2.45) is 17.3 Å². The molecule has 3 atom stereocenters. The maximum atomic E-state index is 12.4. The van der Waals surface area contributed by atoms with Crippen LogP contribution in [0, 0.1) is 17.3 Å². The topological polar surface area (TPSA) is 66.8 Å². The molecular formula is C13H21NO4. The molecule has 0 radical (unpaired) electrons. The summed E-state index contributed by atoms with van der Waals surface area (Å²) in [6.45, 7) is 5.02. The van der Waals surface area contributed by atoms with Gasteiger partial charge in [0.05, 0.1) is 17.9 Å². The van der Waals surface area contributed by atoms with E-state index in [0.717, 1.165) is 19.4 Å². The molecule has 5 heteroatoms. The van der Waals surface area contributed by atoms with E-state index in [1.54, 1.807) is 12.0 Å². The molecule has 2 aliphatic rings. The van der Waals surface area contributed by atoms with Gasteiger partial charge in [-0.15, -0.1) is 0 Å². The number of likely N-dealkylation sites (tertiary alicyclic amines) is 1. The summed E-state index contributed by atoms with van der Waals surface area (Å²) in [6, 6.07) is 0. The van der Waals surface area contributed by atoms with Crippen LogP contribution < -0.4 is 0 Å². The lowest BCUT2D eigenvalue weighted by Gasteiger charge is -2.32. The van der Waals surface area contributed by atoms with Gasteiger partial charge < -0.3 is 14.7 Å². The molecule has 2 fully saturated rings. The van der Waals surface area contributed by atoms with Gasteiger partial charge in [0.2, 0.25) is 5.91 Å². The highest BCUT2D eigenvalue weighted by Crippen LogP contribution is 2.59. The van der Waals surface area contributed by atoms with Crippen molar-refractivity contribution in [1.29, 1.82) is 0 Å². The Labute approximate surface area is 107 Å². The van der Waals surface area contributed by atoms with Crippen molar-refractivity contribution in [2.45, 2.75) is 32.8 Å². The quantitative estimate of drug-likeness (QED) is 0.816. The zero-order valence-electron chi connectivity index (χ0n) is 11.2. The van der Waals surface area contributed by atoms with Crippen LogP contribution in [-0.2, 0) is 14.3 Å². The van der Waals surface area contributed by atoms with E-state index in [4.69, 9.17) is 9.84 Å². The van der Waals surface area contributed by atoms with Crippen LogP contribution in [0.25, 0.3) is 0 Å². The van der Waals surface area contributed by atoms with Gasteiger partial charge in [0, 0.05) is 20.2 Å². The number of ether oxygens (including phenoxy) is 1. The first-order chi connectivity index (χ1) is 8.39. The van der Waals surface area contributed by atoms with Gasteiger partial charge in [-0.3, -0.25) is 9.59 Å². The molecule has 1 amide bonds. The summed E-state index contributed by atoms with van der Waals surface area (Å²) in [7, 11) is 1.65. The molecule has 0 aromatic carbocycles. The number of hydrogen-bond acceptors (Lipinski definition) is 3. The first-order valence-electron chi connectivity index (χ1n) is 6.44. The monoisotopic (exact) mass is 255 g/mol. The minimum atomic E-state index is -0.862. The van der Waals surface area contributed by atoms with Crippen molar-refractivity contribution in [2.75, 3.05) is 20.2 Å². The van der Waals surface area contributed by atoms with Crippen LogP contribution in [0.15, 0.2) is 0 Å². The van der Waals surface area contributed by atoms with Gasteiger partial charge in [-0.2, -0.15) is 0 Å². The molecule has 1 saturated carbocycles. The van der Waals surface area contributed by atoms with Crippen molar-refractivity contribution < 1.29 is 19.4 Å². The van der Waals surface area contributed by atoms with Crippen LogP contribution in [0.3, 0.4) is 0 Å². The van der Waals surface area contributed by atoms with Crippen LogP contribution >= 0.6 is 0 Å². The Hall–Kier alpha value is -1.10. The van der Waals surface area contributed by atoms with E-state index >= 15 is 0 Å². The van der Waals surface area contributed by atoms with Gasteiger partial charge in [0.15, 0.2) is 0 Å². The molecule has 1 N–H and O–H groups in total. The van der Waals surface area contributed by atoms with Crippen LogP contribution in [0.5, 0.6) is 0 Å². The Kier molecular flexibility index (Phi) is 3.36. The molecule has 0 spiro atoms. The molecule has 0 bridgehead atoms. The summed E-state index contributed by atoms with van der Waals surface area (Å²) in [6.07, 6.45) is 1.99. The number of aliphatic carboxylic acids is 1. The molecule has 1 heterocycles. The maximum absolute atomic E-state index is 12.4. The van der Waals surface area contributed by atoms with E-state index in [9.17, 15) is 9.59 Å². The lowest BCUT2D eigenvalue weighted by molar-refractivity contribution is -0.143. The summed E-state index contributed by atoms with van der Waals surface area (Å²) in [5, 5.41) is 9.11. The minimum Gasteiger partial charge on any atom is -0.481 e. The van der Waals surface area contributed by atoms with Crippen molar-refractivity contribution in [3.8, 4) is 0 Å². The van der Waals surface area contributed by atoms with Crippen molar-refractivity contribution in [1.82, 2.24) is 4.90 Å². The van der Waals surface area contributed by atoms with Crippen LogP contribution in [0.4, 0.5) is 0 Å². The number of carbonyl (C=O) groups is 2. The minimum absolute atomic E-state index is 0.0193. The molecule has 0 aromatic heterocycles. The van der Waals surface area contributed by atoms with E-state index in [0.29, 0.717) is 6.54 Å². The molecule has 1 aliphatic heterocycles. The van der Waals surface area contributed by atoms with E-state index in [-0.39, 0.29) is 17.9 Å². The fraction of sp³-hybridized carbons (Fsp3) is 0.846. The highest BCUT2D eigenvalue weighted by Gasteiger charge is 2.66.